The van der Waals surface area contributed by atoms with Crippen LogP contribution in [0.4, 0.5) is 5.69 Å². The molecule has 1 aromatic heterocycles. The summed E-state index contributed by atoms with van der Waals surface area (Å²) in [7, 11) is 0. The molecule has 7 nitrogen and oxygen atoms in total. The third kappa shape index (κ3) is 7.93. The molecule has 0 radical (unpaired) electrons. The molecule has 7 heteroatoms. The summed E-state index contributed by atoms with van der Waals surface area (Å²) in [6, 6.07) is 16.0. The maximum absolute atomic E-state index is 9.33. The number of morpholine rings is 1. The predicted molar refractivity (Wildman–Crippen MR) is 175 cm³/mol. The van der Waals surface area contributed by atoms with Crippen LogP contribution in [-0.2, 0) is 21.4 Å². The largest absolute Gasteiger partial charge is 0.483 e. The second-order valence-corrected chi connectivity index (χ2v) is 10.8. The van der Waals surface area contributed by atoms with Crippen LogP contribution in [-0.4, -0.2) is 66.9 Å². The first kappa shape index (κ1) is 34.9. The van der Waals surface area contributed by atoms with Crippen LogP contribution < -0.4 is 4.90 Å². The molecule has 2 aliphatic rings. The Morgan fingerprint density at radius 2 is 1.67 bits per heavy atom. The van der Waals surface area contributed by atoms with Gasteiger partial charge in [0.1, 0.15) is 0 Å². The number of piperidine rings is 1. The first-order valence-electron chi connectivity index (χ1n) is 15.6. The smallest absolute Gasteiger partial charge is 0.290 e. The van der Waals surface area contributed by atoms with E-state index in [1.54, 1.807) is 0 Å². The van der Waals surface area contributed by atoms with E-state index in [-0.39, 0.29) is 11.9 Å². The molecule has 0 aliphatic carbocycles. The van der Waals surface area contributed by atoms with Crippen LogP contribution in [0.3, 0.4) is 0 Å². The molecule has 2 N–H and O–H groups in total. The Morgan fingerprint density at radius 3 is 2.24 bits per heavy atom. The normalized spacial score (nSPS) is 15.7. The molecule has 0 atom stereocenters. The number of hydrogen-bond acceptors (Lipinski definition) is 5. The summed E-state index contributed by atoms with van der Waals surface area (Å²) < 4.78 is 5.56. The van der Waals surface area contributed by atoms with Crippen LogP contribution in [0.5, 0.6) is 0 Å². The van der Waals surface area contributed by atoms with E-state index in [1.165, 1.54) is 46.3 Å². The van der Waals surface area contributed by atoms with Crippen molar-refractivity contribution in [1.29, 1.82) is 5.26 Å². The number of aromatic nitrogens is 1. The molecule has 230 valence electrons. The van der Waals surface area contributed by atoms with E-state index in [1.807, 2.05) is 39.8 Å². The van der Waals surface area contributed by atoms with Crippen molar-refractivity contribution in [3.05, 3.63) is 64.3 Å². The van der Waals surface area contributed by atoms with Crippen molar-refractivity contribution >= 4 is 23.1 Å². The SMILES string of the molecule is CC.CC.CCc1ccc(C(C)(C)c2[nH]c3cc(C#N)ccc3c2C)cc1N1CCC(N2CCOCC2)CC1.O=CO. The second-order valence-electron chi connectivity index (χ2n) is 10.8. The van der Waals surface area contributed by atoms with E-state index < -0.39 is 0 Å². The molecule has 2 aliphatic heterocycles. The standard InChI is InChI=1S/C30H38N4O.2C2H6.CH2O2/c1-5-23-7-8-24(19-28(23)34-12-10-25(11-13-34)33-14-16-35-17-15-33)30(3,4)29-21(2)26-9-6-22(20-31)18-27(26)32-29;2*1-2;2-1-3/h6-9,18-19,25,32H,5,10-17H2,1-4H3;2*1-2H3;1H,(H,2,3). The van der Waals surface area contributed by atoms with Gasteiger partial charge in [-0.15, -0.1) is 0 Å². The van der Waals surface area contributed by atoms with E-state index in [0.29, 0.717) is 11.6 Å². The van der Waals surface area contributed by atoms with Crippen LogP contribution in [0.25, 0.3) is 10.9 Å². The Bertz CT molecular complexity index is 1290. The zero-order chi connectivity index (χ0) is 31.3. The number of anilines is 1. The number of fused-ring (bicyclic) bond motifs is 1. The molecule has 0 spiro atoms. The Morgan fingerprint density at radius 1 is 1.05 bits per heavy atom. The predicted octanol–water partition coefficient (Wildman–Crippen LogP) is 7.29. The number of nitrogens with one attached hydrogen (secondary N) is 1. The van der Waals surface area contributed by atoms with E-state index in [2.05, 4.69) is 72.8 Å². The topological polar surface area (TPSA) is 92.6 Å². The van der Waals surface area contributed by atoms with Gasteiger partial charge in [0.15, 0.2) is 0 Å². The number of hydrogen-bond donors (Lipinski definition) is 2. The van der Waals surface area contributed by atoms with Gasteiger partial charge in [-0.1, -0.05) is 66.7 Å². The van der Waals surface area contributed by atoms with Gasteiger partial charge in [-0.05, 0) is 61.1 Å². The summed E-state index contributed by atoms with van der Waals surface area (Å²) in [5.41, 5.74) is 8.21. The lowest BCUT2D eigenvalue weighted by atomic mass is 9.79. The van der Waals surface area contributed by atoms with Gasteiger partial charge in [-0.25, -0.2) is 0 Å². The molecule has 5 rings (SSSR count). The molecular weight excluding hydrogens is 524 g/mol. The monoisotopic (exact) mass is 576 g/mol. The summed E-state index contributed by atoms with van der Waals surface area (Å²) in [5, 5.41) is 17.4. The van der Waals surface area contributed by atoms with Gasteiger partial charge in [-0.2, -0.15) is 5.26 Å². The van der Waals surface area contributed by atoms with E-state index in [9.17, 15) is 5.26 Å². The summed E-state index contributed by atoms with van der Waals surface area (Å²) in [6.45, 7) is 23.0. The van der Waals surface area contributed by atoms with Crippen molar-refractivity contribution in [2.24, 2.45) is 0 Å². The second kappa shape index (κ2) is 16.9. The first-order chi connectivity index (χ1) is 20.3. The maximum atomic E-state index is 9.33. The Balaban J connectivity index is 0.000000813. The van der Waals surface area contributed by atoms with Crippen molar-refractivity contribution in [2.75, 3.05) is 44.3 Å². The zero-order valence-corrected chi connectivity index (χ0v) is 27.1. The number of H-pyrrole nitrogens is 1. The number of aryl methyl sites for hydroxylation is 2. The number of nitrogens with zero attached hydrogens (tertiary/aromatic N) is 3. The lowest BCUT2D eigenvalue weighted by Crippen LogP contribution is -2.49. The van der Waals surface area contributed by atoms with Crippen molar-refractivity contribution in [1.82, 2.24) is 9.88 Å². The third-order valence-corrected chi connectivity index (χ3v) is 8.37. The molecule has 3 aromatic rings. The van der Waals surface area contributed by atoms with Crippen LogP contribution in [0, 0.1) is 18.3 Å². The number of carboxylic acid groups (broad SMARTS) is 1. The lowest BCUT2D eigenvalue weighted by Gasteiger charge is -2.41. The highest BCUT2D eigenvalue weighted by Gasteiger charge is 2.31. The summed E-state index contributed by atoms with van der Waals surface area (Å²) in [6.07, 6.45) is 3.49. The van der Waals surface area contributed by atoms with Gasteiger partial charge < -0.3 is 19.7 Å². The van der Waals surface area contributed by atoms with Crippen molar-refractivity contribution in [3.63, 3.8) is 0 Å². The maximum Gasteiger partial charge on any atom is 0.290 e. The fourth-order valence-corrected chi connectivity index (χ4v) is 6.14. The molecular formula is C35H52N4O3. The third-order valence-electron chi connectivity index (χ3n) is 8.37. The number of rotatable bonds is 5. The van der Waals surface area contributed by atoms with Crippen molar-refractivity contribution in [2.45, 2.75) is 86.1 Å². The van der Waals surface area contributed by atoms with Gasteiger partial charge in [0.2, 0.25) is 0 Å². The van der Waals surface area contributed by atoms with Crippen LogP contribution in [0.1, 0.15) is 89.3 Å². The minimum Gasteiger partial charge on any atom is -0.483 e. The Hall–Kier alpha value is -3.34. The molecule has 0 saturated carbocycles. The fraction of sp³-hybridized carbons (Fsp3) is 0.543. The minimum atomic E-state index is -0.250. The molecule has 0 unspecified atom stereocenters. The fourth-order valence-electron chi connectivity index (χ4n) is 6.14. The van der Waals surface area contributed by atoms with E-state index in [0.717, 1.165) is 51.3 Å². The number of carbonyl (C=O) groups is 1. The van der Waals surface area contributed by atoms with Gasteiger partial charge in [-0.3, -0.25) is 9.69 Å². The summed E-state index contributed by atoms with van der Waals surface area (Å²) >= 11 is 0. The van der Waals surface area contributed by atoms with E-state index in [4.69, 9.17) is 14.6 Å². The highest BCUT2D eigenvalue weighted by atomic mass is 16.5. The number of nitriles is 1. The lowest BCUT2D eigenvalue weighted by molar-refractivity contribution is -0.122. The quantitative estimate of drug-likeness (QED) is 0.310. The zero-order valence-electron chi connectivity index (χ0n) is 27.1. The molecule has 0 bridgehead atoms. The molecule has 2 aromatic carbocycles. The van der Waals surface area contributed by atoms with Gasteiger partial charge >= 0.3 is 0 Å². The molecule has 3 heterocycles. The average molecular weight is 577 g/mol. The molecule has 2 fully saturated rings. The molecule has 0 amide bonds. The first-order valence-corrected chi connectivity index (χ1v) is 15.6. The highest BCUT2D eigenvalue weighted by molar-refractivity contribution is 5.86. The van der Waals surface area contributed by atoms with Crippen LogP contribution in [0.2, 0.25) is 0 Å². The van der Waals surface area contributed by atoms with Gasteiger partial charge in [0, 0.05) is 59.9 Å². The molecule has 2 saturated heterocycles. The van der Waals surface area contributed by atoms with Gasteiger partial charge in [0.05, 0.1) is 24.8 Å². The Kier molecular flexibility index (Phi) is 14.1. The minimum absolute atomic E-state index is 0.178. The van der Waals surface area contributed by atoms with Crippen molar-refractivity contribution in [3.8, 4) is 6.07 Å². The van der Waals surface area contributed by atoms with Crippen LogP contribution >= 0.6 is 0 Å². The van der Waals surface area contributed by atoms with E-state index >= 15 is 0 Å². The van der Waals surface area contributed by atoms with Crippen LogP contribution in [0.15, 0.2) is 36.4 Å². The van der Waals surface area contributed by atoms with Gasteiger partial charge in [0.25, 0.3) is 6.47 Å². The summed E-state index contributed by atoms with van der Waals surface area (Å²) in [4.78, 5) is 17.3. The molecule has 42 heavy (non-hydrogen) atoms. The highest BCUT2D eigenvalue weighted by Crippen LogP contribution is 2.39. The number of ether oxygens (including phenoxy) is 1. The van der Waals surface area contributed by atoms with Crippen molar-refractivity contribution < 1.29 is 14.6 Å². The number of aromatic amines is 1. The average Bonchev–Trinajstić information content (AvgIpc) is 3.39. The number of benzene rings is 2. The summed E-state index contributed by atoms with van der Waals surface area (Å²) in [5.74, 6) is 0. The Labute approximate surface area is 253 Å².